The summed E-state index contributed by atoms with van der Waals surface area (Å²) in [5.74, 6) is 0.0490. The van der Waals surface area contributed by atoms with Gasteiger partial charge in [0.25, 0.3) is 5.91 Å². The van der Waals surface area contributed by atoms with E-state index in [1.165, 1.54) is 5.56 Å². The van der Waals surface area contributed by atoms with Gasteiger partial charge in [-0.1, -0.05) is 17.7 Å². The molecule has 0 unspecified atom stereocenters. The normalized spacial score (nSPS) is 23.7. The fraction of sp³-hybridized carbons (Fsp3) is 0.533. The first kappa shape index (κ1) is 13.1. The molecule has 98 valence electrons. The van der Waals surface area contributed by atoms with Crippen LogP contribution in [0.2, 0.25) is 0 Å². The molecule has 0 atom stereocenters. The second kappa shape index (κ2) is 5.53. The number of benzene rings is 1. The van der Waals surface area contributed by atoms with Gasteiger partial charge in [-0.15, -0.1) is 0 Å². The molecule has 1 aliphatic carbocycles. The number of aryl methyl sites for hydroxylation is 2. The molecular formula is C15H22N2O. The van der Waals surface area contributed by atoms with E-state index in [1.54, 1.807) is 0 Å². The Labute approximate surface area is 109 Å². The molecule has 1 aromatic carbocycles. The van der Waals surface area contributed by atoms with Gasteiger partial charge in [0, 0.05) is 17.6 Å². The van der Waals surface area contributed by atoms with Crippen LogP contribution in [-0.2, 0) is 0 Å². The minimum absolute atomic E-state index is 0.0490. The third kappa shape index (κ3) is 3.10. The number of hydrogen-bond donors (Lipinski definition) is 2. The van der Waals surface area contributed by atoms with Gasteiger partial charge < -0.3 is 11.1 Å². The number of hydrogen-bond acceptors (Lipinski definition) is 2. The SMILES string of the molecule is Cc1ccc(C(=O)NC2CCC(N)CC2)c(C)c1. The van der Waals surface area contributed by atoms with E-state index in [2.05, 4.69) is 5.32 Å². The van der Waals surface area contributed by atoms with Crippen molar-refractivity contribution in [2.24, 2.45) is 5.73 Å². The highest BCUT2D eigenvalue weighted by atomic mass is 16.1. The van der Waals surface area contributed by atoms with Crippen LogP contribution < -0.4 is 11.1 Å². The van der Waals surface area contributed by atoms with Crippen LogP contribution in [-0.4, -0.2) is 18.0 Å². The van der Waals surface area contributed by atoms with E-state index in [0.29, 0.717) is 6.04 Å². The molecule has 1 amide bonds. The third-order valence-corrected chi connectivity index (χ3v) is 3.73. The summed E-state index contributed by atoms with van der Waals surface area (Å²) in [5.41, 5.74) is 8.88. The third-order valence-electron chi connectivity index (χ3n) is 3.73. The first-order valence-corrected chi connectivity index (χ1v) is 6.70. The number of nitrogens with two attached hydrogens (primary N) is 1. The fourth-order valence-corrected chi connectivity index (χ4v) is 2.60. The first-order chi connectivity index (χ1) is 8.56. The van der Waals surface area contributed by atoms with E-state index in [1.807, 2.05) is 32.0 Å². The van der Waals surface area contributed by atoms with E-state index >= 15 is 0 Å². The van der Waals surface area contributed by atoms with Crippen LogP contribution >= 0.6 is 0 Å². The van der Waals surface area contributed by atoms with Gasteiger partial charge in [-0.3, -0.25) is 4.79 Å². The van der Waals surface area contributed by atoms with Crippen molar-refractivity contribution in [3.63, 3.8) is 0 Å². The van der Waals surface area contributed by atoms with E-state index in [0.717, 1.165) is 36.8 Å². The van der Waals surface area contributed by atoms with Gasteiger partial charge in [-0.25, -0.2) is 0 Å². The minimum atomic E-state index is 0.0490. The summed E-state index contributed by atoms with van der Waals surface area (Å²) in [6.07, 6.45) is 4.02. The van der Waals surface area contributed by atoms with Crippen molar-refractivity contribution in [1.82, 2.24) is 5.32 Å². The molecule has 0 aromatic heterocycles. The van der Waals surface area contributed by atoms with Crippen LogP contribution in [0.4, 0.5) is 0 Å². The lowest BCUT2D eigenvalue weighted by atomic mass is 9.91. The summed E-state index contributed by atoms with van der Waals surface area (Å²) in [6, 6.07) is 6.55. The fourth-order valence-electron chi connectivity index (χ4n) is 2.60. The lowest BCUT2D eigenvalue weighted by Gasteiger charge is -2.27. The molecule has 1 fully saturated rings. The van der Waals surface area contributed by atoms with Crippen LogP contribution in [0, 0.1) is 13.8 Å². The van der Waals surface area contributed by atoms with Crippen molar-refractivity contribution in [3.05, 3.63) is 34.9 Å². The van der Waals surface area contributed by atoms with Crippen molar-refractivity contribution < 1.29 is 4.79 Å². The molecule has 0 spiro atoms. The molecule has 0 saturated heterocycles. The molecule has 3 heteroatoms. The highest BCUT2D eigenvalue weighted by Crippen LogP contribution is 2.18. The van der Waals surface area contributed by atoms with Gasteiger partial charge in [0.1, 0.15) is 0 Å². The Hall–Kier alpha value is -1.35. The summed E-state index contributed by atoms with van der Waals surface area (Å²) in [5, 5.41) is 3.12. The summed E-state index contributed by atoms with van der Waals surface area (Å²) >= 11 is 0. The van der Waals surface area contributed by atoms with Crippen molar-refractivity contribution >= 4 is 5.91 Å². The van der Waals surface area contributed by atoms with Crippen molar-refractivity contribution in [3.8, 4) is 0 Å². The maximum atomic E-state index is 12.2. The number of amides is 1. The summed E-state index contributed by atoms with van der Waals surface area (Å²) < 4.78 is 0. The Bertz CT molecular complexity index is 434. The zero-order valence-corrected chi connectivity index (χ0v) is 11.2. The molecule has 0 radical (unpaired) electrons. The largest absolute Gasteiger partial charge is 0.349 e. The molecule has 0 bridgehead atoms. The van der Waals surface area contributed by atoms with Crippen LogP contribution in [0.25, 0.3) is 0 Å². The second-order valence-electron chi connectivity index (χ2n) is 5.40. The van der Waals surface area contributed by atoms with Crippen LogP contribution in [0.5, 0.6) is 0 Å². The van der Waals surface area contributed by atoms with E-state index in [4.69, 9.17) is 5.73 Å². The van der Waals surface area contributed by atoms with Crippen LogP contribution in [0.15, 0.2) is 18.2 Å². The Morgan fingerprint density at radius 2 is 1.89 bits per heavy atom. The molecule has 1 saturated carbocycles. The molecule has 0 aliphatic heterocycles. The Morgan fingerprint density at radius 3 is 2.50 bits per heavy atom. The van der Waals surface area contributed by atoms with Gasteiger partial charge in [0.2, 0.25) is 0 Å². The molecule has 1 aliphatic rings. The molecule has 0 heterocycles. The van der Waals surface area contributed by atoms with E-state index in [-0.39, 0.29) is 11.9 Å². The van der Waals surface area contributed by atoms with Crippen LogP contribution in [0.3, 0.4) is 0 Å². The van der Waals surface area contributed by atoms with Gasteiger partial charge in [-0.05, 0) is 51.2 Å². The maximum Gasteiger partial charge on any atom is 0.251 e. The van der Waals surface area contributed by atoms with Gasteiger partial charge in [-0.2, -0.15) is 0 Å². The predicted molar refractivity (Wildman–Crippen MR) is 73.6 cm³/mol. The van der Waals surface area contributed by atoms with Crippen LogP contribution in [0.1, 0.15) is 47.2 Å². The topological polar surface area (TPSA) is 55.1 Å². The highest BCUT2D eigenvalue weighted by molar-refractivity contribution is 5.95. The Kier molecular flexibility index (Phi) is 4.02. The van der Waals surface area contributed by atoms with Gasteiger partial charge >= 0.3 is 0 Å². The average molecular weight is 246 g/mol. The Balaban J connectivity index is 1.99. The molecule has 3 N–H and O–H groups in total. The minimum Gasteiger partial charge on any atom is -0.349 e. The van der Waals surface area contributed by atoms with Crippen molar-refractivity contribution in [2.75, 3.05) is 0 Å². The molecular weight excluding hydrogens is 224 g/mol. The molecule has 18 heavy (non-hydrogen) atoms. The summed E-state index contributed by atoms with van der Waals surface area (Å²) in [4.78, 5) is 12.2. The maximum absolute atomic E-state index is 12.2. The second-order valence-corrected chi connectivity index (χ2v) is 5.40. The zero-order chi connectivity index (χ0) is 13.1. The van der Waals surface area contributed by atoms with Gasteiger partial charge in [0.05, 0.1) is 0 Å². The molecule has 2 rings (SSSR count). The van der Waals surface area contributed by atoms with Gasteiger partial charge in [0.15, 0.2) is 0 Å². The summed E-state index contributed by atoms with van der Waals surface area (Å²) in [6.45, 7) is 4.02. The Morgan fingerprint density at radius 1 is 1.22 bits per heavy atom. The number of rotatable bonds is 2. The predicted octanol–water partition coefficient (Wildman–Crippen LogP) is 2.30. The van der Waals surface area contributed by atoms with E-state index < -0.39 is 0 Å². The van der Waals surface area contributed by atoms with E-state index in [9.17, 15) is 4.79 Å². The highest BCUT2D eigenvalue weighted by Gasteiger charge is 2.20. The monoisotopic (exact) mass is 246 g/mol. The van der Waals surface area contributed by atoms with Crippen molar-refractivity contribution in [1.29, 1.82) is 0 Å². The zero-order valence-electron chi connectivity index (χ0n) is 11.2. The number of carbonyl (C=O) groups is 1. The first-order valence-electron chi connectivity index (χ1n) is 6.70. The van der Waals surface area contributed by atoms with Crippen molar-refractivity contribution in [2.45, 2.75) is 51.6 Å². The number of nitrogens with one attached hydrogen (secondary N) is 1. The quantitative estimate of drug-likeness (QED) is 0.841. The average Bonchev–Trinajstić information content (AvgIpc) is 2.32. The lowest BCUT2D eigenvalue weighted by molar-refractivity contribution is 0.0925. The molecule has 3 nitrogen and oxygen atoms in total. The standard InChI is InChI=1S/C15H22N2O/c1-10-3-8-14(11(2)9-10)15(18)17-13-6-4-12(16)5-7-13/h3,8-9,12-13H,4-7,16H2,1-2H3,(H,17,18). The lowest BCUT2D eigenvalue weighted by Crippen LogP contribution is -2.40. The number of carbonyl (C=O) groups excluding carboxylic acids is 1. The summed E-state index contributed by atoms with van der Waals surface area (Å²) in [7, 11) is 0. The smallest absolute Gasteiger partial charge is 0.251 e. The molecule has 1 aromatic rings.